The van der Waals surface area contributed by atoms with Crippen molar-refractivity contribution in [1.82, 2.24) is 5.32 Å². The summed E-state index contributed by atoms with van der Waals surface area (Å²) in [7, 11) is 3.24. The standard InChI is InChI=1S/C18H21NO3/c1-13(16-9-4-5-10-17(16)22-3)19-18(20)12-14-7-6-8-15(11-14)21-2/h4-11,13H,12H2,1-3H3,(H,19,20). The SMILES string of the molecule is COc1cccc(CC(=O)NC(C)c2ccccc2OC)c1. The number of methoxy groups -OCH3 is 2. The van der Waals surface area contributed by atoms with Gasteiger partial charge in [0.2, 0.25) is 5.91 Å². The molecule has 116 valence electrons. The fourth-order valence-electron chi connectivity index (χ4n) is 2.36. The Morgan fingerprint density at radius 3 is 2.59 bits per heavy atom. The van der Waals surface area contributed by atoms with Gasteiger partial charge in [-0.1, -0.05) is 30.3 Å². The van der Waals surface area contributed by atoms with Crippen molar-refractivity contribution in [2.24, 2.45) is 0 Å². The lowest BCUT2D eigenvalue weighted by molar-refractivity contribution is -0.121. The summed E-state index contributed by atoms with van der Waals surface area (Å²) < 4.78 is 10.5. The van der Waals surface area contributed by atoms with E-state index in [1.165, 1.54) is 0 Å². The number of amides is 1. The van der Waals surface area contributed by atoms with Crippen molar-refractivity contribution in [2.75, 3.05) is 14.2 Å². The summed E-state index contributed by atoms with van der Waals surface area (Å²) in [6.45, 7) is 1.95. The van der Waals surface area contributed by atoms with E-state index in [4.69, 9.17) is 9.47 Å². The quantitative estimate of drug-likeness (QED) is 0.891. The van der Waals surface area contributed by atoms with Gasteiger partial charge in [0, 0.05) is 5.56 Å². The fourth-order valence-corrected chi connectivity index (χ4v) is 2.36. The second kappa shape index (κ2) is 7.50. The number of nitrogens with one attached hydrogen (secondary N) is 1. The number of benzene rings is 2. The third-order valence-corrected chi connectivity index (χ3v) is 3.48. The van der Waals surface area contributed by atoms with Gasteiger partial charge in [-0.05, 0) is 30.7 Å². The van der Waals surface area contributed by atoms with Gasteiger partial charge in [0.15, 0.2) is 0 Å². The van der Waals surface area contributed by atoms with Crippen LogP contribution in [0.3, 0.4) is 0 Å². The molecule has 0 saturated carbocycles. The molecule has 4 nitrogen and oxygen atoms in total. The van der Waals surface area contributed by atoms with E-state index in [9.17, 15) is 4.79 Å². The minimum absolute atomic E-state index is 0.0355. The zero-order valence-corrected chi connectivity index (χ0v) is 13.1. The van der Waals surface area contributed by atoms with Gasteiger partial charge in [0.1, 0.15) is 11.5 Å². The molecule has 22 heavy (non-hydrogen) atoms. The van der Waals surface area contributed by atoms with Crippen LogP contribution >= 0.6 is 0 Å². The minimum atomic E-state index is -0.116. The Morgan fingerprint density at radius 2 is 1.86 bits per heavy atom. The largest absolute Gasteiger partial charge is 0.497 e. The molecule has 2 aromatic rings. The summed E-state index contributed by atoms with van der Waals surface area (Å²) in [5.74, 6) is 1.49. The number of para-hydroxylation sites is 1. The van der Waals surface area contributed by atoms with Gasteiger partial charge in [-0.25, -0.2) is 0 Å². The van der Waals surface area contributed by atoms with Crippen LogP contribution in [0.1, 0.15) is 24.1 Å². The van der Waals surface area contributed by atoms with Crippen LogP contribution in [0.5, 0.6) is 11.5 Å². The van der Waals surface area contributed by atoms with Crippen LogP contribution in [0.4, 0.5) is 0 Å². The van der Waals surface area contributed by atoms with Gasteiger partial charge in [0.05, 0.1) is 26.7 Å². The van der Waals surface area contributed by atoms with E-state index in [0.717, 1.165) is 22.6 Å². The minimum Gasteiger partial charge on any atom is -0.497 e. The van der Waals surface area contributed by atoms with E-state index < -0.39 is 0 Å². The molecule has 0 radical (unpaired) electrons. The van der Waals surface area contributed by atoms with E-state index in [1.807, 2.05) is 55.5 Å². The maximum atomic E-state index is 12.2. The molecule has 0 saturated heterocycles. The molecule has 4 heteroatoms. The second-order valence-corrected chi connectivity index (χ2v) is 5.06. The van der Waals surface area contributed by atoms with E-state index in [2.05, 4.69) is 5.32 Å². The summed E-state index contributed by atoms with van der Waals surface area (Å²) in [5, 5.41) is 3.00. The summed E-state index contributed by atoms with van der Waals surface area (Å²) >= 11 is 0. The monoisotopic (exact) mass is 299 g/mol. The number of rotatable bonds is 6. The third-order valence-electron chi connectivity index (χ3n) is 3.48. The van der Waals surface area contributed by atoms with Gasteiger partial charge >= 0.3 is 0 Å². The maximum absolute atomic E-state index is 12.2. The highest BCUT2D eigenvalue weighted by atomic mass is 16.5. The Morgan fingerprint density at radius 1 is 1.09 bits per heavy atom. The molecule has 0 aliphatic heterocycles. The molecule has 1 N–H and O–H groups in total. The first-order chi connectivity index (χ1) is 10.6. The van der Waals surface area contributed by atoms with Crippen LogP contribution < -0.4 is 14.8 Å². The van der Waals surface area contributed by atoms with Crippen molar-refractivity contribution in [1.29, 1.82) is 0 Å². The summed E-state index contributed by atoms with van der Waals surface area (Å²) in [4.78, 5) is 12.2. The molecule has 1 atom stereocenters. The molecule has 2 rings (SSSR count). The van der Waals surface area contributed by atoms with E-state index >= 15 is 0 Å². The van der Waals surface area contributed by atoms with Gasteiger partial charge in [-0.15, -0.1) is 0 Å². The van der Waals surface area contributed by atoms with Gasteiger partial charge < -0.3 is 14.8 Å². The molecule has 0 aliphatic carbocycles. The summed E-state index contributed by atoms with van der Waals surface area (Å²) in [6, 6.07) is 15.1. The van der Waals surface area contributed by atoms with Crippen molar-refractivity contribution < 1.29 is 14.3 Å². The van der Waals surface area contributed by atoms with Crippen LogP contribution in [0.25, 0.3) is 0 Å². The molecule has 1 amide bonds. The van der Waals surface area contributed by atoms with Crippen molar-refractivity contribution in [3.8, 4) is 11.5 Å². The first-order valence-corrected chi connectivity index (χ1v) is 7.19. The fraction of sp³-hybridized carbons (Fsp3) is 0.278. The molecule has 0 spiro atoms. The number of carbonyl (C=O) groups is 1. The highest BCUT2D eigenvalue weighted by molar-refractivity contribution is 5.79. The topological polar surface area (TPSA) is 47.6 Å². The predicted molar refractivity (Wildman–Crippen MR) is 86.2 cm³/mol. The lowest BCUT2D eigenvalue weighted by Gasteiger charge is -2.17. The van der Waals surface area contributed by atoms with E-state index in [0.29, 0.717) is 6.42 Å². The second-order valence-electron chi connectivity index (χ2n) is 5.06. The average molecular weight is 299 g/mol. The molecular weight excluding hydrogens is 278 g/mol. The molecule has 0 aliphatic rings. The first kappa shape index (κ1) is 15.9. The molecular formula is C18H21NO3. The number of hydrogen-bond donors (Lipinski definition) is 1. The first-order valence-electron chi connectivity index (χ1n) is 7.19. The summed E-state index contributed by atoms with van der Waals surface area (Å²) in [5.41, 5.74) is 1.88. The van der Waals surface area contributed by atoms with Gasteiger partial charge in [-0.3, -0.25) is 4.79 Å². The van der Waals surface area contributed by atoms with Crippen LogP contribution in [0.2, 0.25) is 0 Å². The van der Waals surface area contributed by atoms with Crippen LogP contribution in [-0.2, 0) is 11.2 Å². The smallest absolute Gasteiger partial charge is 0.224 e. The summed E-state index contributed by atoms with van der Waals surface area (Å²) in [6.07, 6.45) is 0.316. The van der Waals surface area contributed by atoms with Crippen LogP contribution in [0, 0.1) is 0 Å². The highest BCUT2D eigenvalue weighted by Crippen LogP contribution is 2.24. The zero-order chi connectivity index (χ0) is 15.9. The third kappa shape index (κ3) is 4.01. The highest BCUT2D eigenvalue weighted by Gasteiger charge is 2.14. The predicted octanol–water partition coefficient (Wildman–Crippen LogP) is 3.12. The Hall–Kier alpha value is -2.49. The Bertz CT molecular complexity index is 640. The Balaban J connectivity index is 2.02. The number of ether oxygens (including phenoxy) is 2. The van der Waals surface area contributed by atoms with Crippen LogP contribution in [0.15, 0.2) is 48.5 Å². The molecule has 1 unspecified atom stereocenters. The van der Waals surface area contributed by atoms with Gasteiger partial charge in [-0.2, -0.15) is 0 Å². The number of carbonyl (C=O) groups excluding carboxylic acids is 1. The maximum Gasteiger partial charge on any atom is 0.224 e. The lowest BCUT2D eigenvalue weighted by Crippen LogP contribution is -2.28. The van der Waals surface area contributed by atoms with Crippen molar-refractivity contribution in [2.45, 2.75) is 19.4 Å². The van der Waals surface area contributed by atoms with E-state index in [-0.39, 0.29) is 11.9 Å². The van der Waals surface area contributed by atoms with Crippen molar-refractivity contribution in [3.05, 3.63) is 59.7 Å². The molecule has 0 bridgehead atoms. The Kier molecular flexibility index (Phi) is 5.42. The molecule has 2 aromatic carbocycles. The molecule has 0 fully saturated rings. The normalized spacial score (nSPS) is 11.6. The average Bonchev–Trinajstić information content (AvgIpc) is 2.54. The molecule has 0 aromatic heterocycles. The molecule has 0 heterocycles. The number of hydrogen-bond acceptors (Lipinski definition) is 3. The zero-order valence-electron chi connectivity index (χ0n) is 13.1. The Labute approximate surface area is 131 Å². The van der Waals surface area contributed by atoms with Crippen LogP contribution in [-0.4, -0.2) is 20.1 Å². The lowest BCUT2D eigenvalue weighted by atomic mass is 10.1. The van der Waals surface area contributed by atoms with Crippen molar-refractivity contribution >= 4 is 5.91 Å². The van der Waals surface area contributed by atoms with Crippen molar-refractivity contribution in [3.63, 3.8) is 0 Å². The van der Waals surface area contributed by atoms with E-state index in [1.54, 1.807) is 14.2 Å². The van der Waals surface area contributed by atoms with Gasteiger partial charge in [0.25, 0.3) is 0 Å².